The monoisotopic (exact) mass is 377 g/mol. The van der Waals surface area contributed by atoms with E-state index in [-0.39, 0.29) is 17.3 Å². The lowest BCUT2D eigenvalue weighted by Crippen LogP contribution is -2.19. The van der Waals surface area contributed by atoms with Crippen LogP contribution in [0.15, 0.2) is 22.9 Å². The molecule has 0 fully saturated rings. The molecular formula is C16H14F3N7O. The molecule has 0 unspecified atom stereocenters. The summed E-state index contributed by atoms with van der Waals surface area (Å²) in [6, 6.07) is 2.91. The molecule has 0 radical (unpaired) electrons. The van der Waals surface area contributed by atoms with E-state index in [1.807, 2.05) is 0 Å². The second-order valence-electron chi connectivity index (χ2n) is 5.69. The van der Waals surface area contributed by atoms with Crippen LogP contribution < -0.4 is 11.5 Å². The van der Waals surface area contributed by atoms with Gasteiger partial charge in [-0.2, -0.15) is 13.2 Å². The Labute approximate surface area is 150 Å². The van der Waals surface area contributed by atoms with Crippen LogP contribution >= 0.6 is 0 Å². The Hall–Kier alpha value is -3.50. The Morgan fingerprint density at radius 3 is 2.41 bits per heavy atom. The molecule has 3 aromatic heterocycles. The van der Waals surface area contributed by atoms with Crippen molar-refractivity contribution in [2.45, 2.75) is 20.0 Å². The summed E-state index contributed by atoms with van der Waals surface area (Å²) in [5, 5.41) is 12.0. The maximum absolute atomic E-state index is 13.2. The Bertz CT molecular complexity index is 1020. The largest absolute Gasteiger partial charge is 0.420 e. The van der Waals surface area contributed by atoms with Crippen molar-refractivity contribution >= 4 is 17.5 Å². The van der Waals surface area contributed by atoms with Gasteiger partial charge in [-0.1, -0.05) is 5.16 Å². The summed E-state index contributed by atoms with van der Waals surface area (Å²) in [4.78, 5) is 11.1. The number of halogens is 3. The first-order valence-electron chi connectivity index (χ1n) is 7.58. The topological polar surface area (TPSA) is 141 Å². The van der Waals surface area contributed by atoms with Crippen LogP contribution in [0.25, 0.3) is 11.3 Å². The van der Waals surface area contributed by atoms with Crippen molar-refractivity contribution in [2.24, 2.45) is 0 Å². The third kappa shape index (κ3) is 3.30. The number of hydrogen-bond acceptors (Lipinski definition) is 8. The molecule has 5 N–H and O–H groups in total. The van der Waals surface area contributed by atoms with Crippen LogP contribution in [-0.2, 0) is 6.18 Å². The molecule has 140 valence electrons. The summed E-state index contributed by atoms with van der Waals surface area (Å²) in [5.74, 6) is -0.00501. The van der Waals surface area contributed by atoms with Crippen molar-refractivity contribution in [3.05, 3.63) is 46.6 Å². The fraction of sp³-hybridized carbons (Fsp3) is 0.188. The first-order valence-corrected chi connectivity index (χ1v) is 7.58. The van der Waals surface area contributed by atoms with E-state index in [0.717, 1.165) is 0 Å². The molecule has 3 rings (SSSR count). The number of nitrogens with one attached hydrogen (secondary N) is 1. The minimum absolute atomic E-state index is 0.0193. The van der Waals surface area contributed by atoms with Crippen molar-refractivity contribution in [1.29, 1.82) is 5.41 Å². The molecule has 0 atom stereocenters. The average molecular weight is 377 g/mol. The molecule has 0 aliphatic heterocycles. The number of hydrogen-bond donors (Lipinski definition) is 3. The molecule has 0 amide bonds. The van der Waals surface area contributed by atoms with Crippen LogP contribution in [0.2, 0.25) is 0 Å². The lowest BCUT2D eigenvalue weighted by Gasteiger charge is -2.14. The third-order valence-corrected chi connectivity index (χ3v) is 3.83. The minimum atomic E-state index is -4.76. The second-order valence-corrected chi connectivity index (χ2v) is 5.69. The number of alkyl halides is 3. The molecule has 3 aromatic rings. The molecule has 8 nitrogen and oxygen atoms in total. The smallest absolute Gasteiger partial charge is 0.383 e. The van der Waals surface area contributed by atoms with Gasteiger partial charge in [0.05, 0.1) is 22.7 Å². The molecule has 0 aliphatic rings. The highest BCUT2D eigenvalue weighted by molar-refractivity contribution is 6.13. The van der Waals surface area contributed by atoms with Gasteiger partial charge in [-0.05, 0) is 26.0 Å². The van der Waals surface area contributed by atoms with Crippen molar-refractivity contribution in [3.63, 3.8) is 0 Å². The number of nitrogens with zero attached hydrogens (tertiary/aromatic N) is 4. The average Bonchev–Trinajstić information content (AvgIpc) is 2.91. The van der Waals surface area contributed by atoms with E-state index in [1.165, 1.54) is 12.1 Å². The normalized spacial score (nSPS) is 11.6. The number of pyridine rings is 1. The van der Waals surface area contributed by atoms with Crippen LogP contribution in [-0.4, -0.2) is 25.8 Å². The van der Waals surface area contributed by atoms with Crippen LogP contribution in [0, 0.1) is 19.3 Å². The maximum atomic E-state index is 13.2. The van der Waals surface area contributed by atoms with E-state index in [0.29, 0.717) is 28.9 Å². The van der Waals surface area contributed by atoms with Gasteiger partial charge in [0.15, 0.2) is 0 Å². The number of nitrogen functional groups attached to an aromatic ring is 2. The highest BCUT2D eigenvalue weighted by Gasteiger charge is 2.36. The molecule has 0 saturated carbocycles. The Morgan fingerprint density at radius 2 is 1.85 bits per heavy atom. The number of anilines is 2. The standard InChI is InChI=1S/C16H14F3N7O/c1-6-11(7(2)27-26-6)10-4-3-8(14(21)24-10)12(20)13-9(16(17,18)19)5-23-15(22)25-13/h3-5,20H,1-2H3,(H2,21,24)(H2,22,23,25). The quantitative estimate of drug-likeness (QED) is 0.596. The van der Waals surface area contributed by atoms with E-state index in [2.05, 4.69) is 20.1 Å². The maximum Gasteiger partial charge on any atom is 0.420 e. The molecule has 0 aliphatic carbocycles. The number of nitrogens with two attached hydrogens (primary N) is 2. The Morgan fingerprint density at radius 1 is 1.15 bits per heavy atom. The van der Waals surface area contributed by atoms with Crippen LogP contribution in [0.5, 0.6) is 0 Å². The molecule has 0 spiro atoms. The van der Waals surface area contributed by atoms with Gasteiger partial charge in [-0.25, -0.2) is 15.0 Å². The Kier molecular flexibility index (Phi) is 4.30. The summed E-state index contributed by atoms with van der Waals surface area (Å²) in [7, 11) is 0. The van der Waals surface area contributed by atoms with Crippen LogP contribution in [0.4, 0.5) is 24.9 Å². The molecule has 3 heterocycles. The zero-order valence-corrected chi connectivity index (χ0v) is 14.2. The zero-order chi connectivity index (χ0) is 19.9. The number of rotatable bonds is 3. The van der Waals surface area contributed by atoms with Gasteiger partial charge >= 0.3 is 6.18 Å². The van der Waals surface area contributed by atoms with E-state index in [9.17, 15) is 13.2 Å². The van der Waals surface area contributed by atoms with Gasteiger partial charge in [-0.3, -0.25) is 5.41 Å². The van der Waals surface area contributed by atoms with Gasteiger partial charge in [0.25, 0.3) is 0 Å². The first-order chi connectivity index (χ1) is 12.6. The number of aryl methyl sites for hydroxylation is 2. The third-order valence-electron chi connectivity index (χ3n) is 3.83. The SMILES string of the molecule is Cc1noc(C)c1-c1ccc(C(=N)c2nc(N)ncc2C(F)(F)F)c(N)n1. The van der Waals surface area contributed by atoms with E-state index in [4.69, 9.17) is 21.4 Å². The predicted octanol–water partition coefficient (Wildman–Crippen LogP) is 2.74. The summed E-state index contributed by atoms with van der Waals surface area (Å²) >= 11 is 0. The van der Waals surface area contributed by atoms with Gasteiger partial charge in [0.1, 0.15) is 22.8 Å². The first kappa shape index (κ1) is 18.3. The molecule has 0 bridgehead atoms. The summed E-state index contributed by atoms with van der Waals surface area (Å²) in [6.45, 7) is 3.42. The molecule has 27 heavy (non-hydrogen) atoms. The molecule has 0 aromatic carbocycles. The van der Waals surface area contributed by atoms with Crippen LogP contribution in [0.1, 0.15) is 28.3 Å². The number of aromatic nitrogens is 4. The molecule has 0 saturated heterocycles. The second kappa shape index (κ2) is 6.34. The summed E-state index contributed by atoms with van der Waals surface area (Å²) < 4.78 is 44.7. The molecular weight excluding hydrogens is 363 g/mol. The fourth-order valence-corrected chi connectivity index (χ4v) is 2.60. The summed E-state index contributed by atoms with van der Waals surface area (Å²) in [6.07, 6.45) is -4.22. The van der Waals surface area contributed by atoms with Gasteiger partial charge in [-0.15, -0.1) is 0 Å². The minimum Gasteiger partial charge on any atom is -0.383 e. The van der Waals surface area contributed by atoms with Gasteiger partial charge < -0.3 is 16.0 Å². The highest BCUT2D eigenvalue weighted by Crippen LogP contribution is 2.33. The fourth-order valence-electron chi connectivity index (χ4n) is 2.60. The van der Waals surface area contributed by atoms with Crippen molar-refractivity contribution in [2.75, 3.05) is 11.5 Å². The lowest BCUT2D eigenvalue weighted by atomic mass is 10.0. The van der Waals surface area contributed by atoms with Crippen molar-refractivity contribution in [1.82, 2.24) is 20.1 Å². The lowest BCUT2D eigenvalue weighted by molar-refractivity contribution is -0.138. The van der Waals surface area contributed by atoms with Crippen molar-refractivity contribution in [3.8, 4) is 11.3 Å². The predicted molar refractivity (Wildman–Crippen MR) is 91.0 cm³/mol. The van der Waals surface area contributed by atoms with Gasteiger partial charge in [0.2, 0.25) is 5.95 Å². The summed E-state index contributed by atoms with van der Waals surface area (Å²) in [5.41, 5.74) is 10.5. The Balaban J connectivity index is 2.08. The van der Waals surface area contributed by atoms with Crippen LogP contribution in [0.3, 0.4) is 0 Å². The van der Waals surface area contributed by atoms with E-state index in [1.54, 1.807) is 13.8 Å². The van der Waals surface area contributed by atoms with E-state index >= 15 is 0 Å². The highest BCUT2D eigenvalue weighted by atomic mass is 19.4. The molecule has 11 heteroatoms. The van der Waals surface area contributed by atoms with Crippen molar-refractivity contribution < 1.29 is 17.7 Å². The van der Waals surface area contributed by atoms with Gasteiger partial charge in [0, 0.05) is 11.8 Å². The zero-order valence-electron chi connectivity index (χ0n) is 14.2. The van der Waals surface area contributed by atoms with E-state index < -0.39 is 23.1 Å².